The number of hydrogen-bond acceptors (Lipinski definition) is 5. The van der Waals surface area contributed by atoms with E-state index in [1.165, 1.54) is 6.07 Å². The first-order chi connectivity index (χ1) is 16.6. The van der Waals surface area contributed by atoms with Gasteiger partial charge in [-0.05, 0) is 55.3 Å². The average Bonchev–Trinajstić information content (AvgIpc) is 3.40. The Morgan fingerprint density at radius 2 is 1.97 bits per heavy atom. The van der Waals surface area contributed by atoms with Gasteiger partial charge in [0.2, 0.25) is 5.91 Å². The predicted molar refractivity (Wildman–Crippen MR) is 127 cm³/mol. The lowest BCUT2D eigenvalue weighted by atomic mass is 10.1. The molecule has 1 aliphatic rings. The summed E-state index contributed by atoms with van der Waals surface area (Å²) in [6.07, 6.45) is 6.17. The van der Waals surface area contributed by atoms with Crippen LogP contribution < -0.4 is 5.32 Å². The number of amides is 1. The summed E-state index contributed by atoms with van der Waals surface area (Å²) in [4.78, 5) is 16.8. The Balaban J connectivity index is 1.24. The van der Waals surface area contributed by atoms with Crippen molar-refractivity contribution in [1.29, 1.82) is 0 Å². The third kappa shape index (κ3) is 4.87. The molecule has 0 aliphatic carbocycles. The van der Waals surface area contributed by atoms with E-state index < -0.39 is 5.82 Å². The number of benzene rings is 2. The van der Waals surface area contributed by atoms with Crippen molar-refractivity contribution in [3.8, 4) is 22.7 Å². The number of carbonyl (C=O) groups is 1. The van der Waals surface area contributed by atoms with E-state index in [0.29, 0.717) is 40.2 Å². The zero-order valence-electron chi connectivity index (χ0n) is 18.4. The monoisotopic (exact) mass is 479 g/mol. The molecule has 174 valence electrons. The molecule has 1 amide bonds. The SMILES string of the molecule is O=C(CCc1ncc(-c2ccc(Cl)cc2)o1)Nc1ccc(F)c(-c2nnc3n2CCCCC3)c1. The molecule has 2 aromatic carbocycles. The van der Waals surface area contributed by atoms with Crippen molar-refractivity contribution in [2.24, 2.45) is 0 Å². The van der Waals surface area contributed by atoms with Crippen LogP contribution in [-0.2, 0) is 24.2 Å². The van der Waals surface area contributed by atoms with Gasteiger partial charge in [0.1, 0.15) is 11.6 Å². The summed E-state index contributed by atoms with van der Waals surface area (Å²) in [6.45, 7) is 0.766. The van der Waals surface area contributed by atoms with E-state index >= 15 is 0 Å². The van der Waals surface area contributed by atoms with Crippen LogP contribution in [0.3, 0.4) is 0 Å². The van der Waals surface area contributed by atoms with Crippen molar-refractivity contribution in [2.45, 2.75) is 45.1 Å². The third-order valence-electron chi connectivity index (χ3n) is 5.85. The predicted octanol–water partition coefficient (Wildman–Crippen LogP) is 5.69. The Morgan fingerprint density at radius 3 is 2.82 bits per heavy atom. The number of fused-ring (bicyclic) bond motifs is 1. The molecule has 0 spiro atoms. The molecule has 5 rings (SSSR count). The van der Waals surface area contributed by atoms with Crippen LogP contribution in [0, 0.1) is 5.82 Å². The topological polar surface area (TPSA) is 85.8 Å². The number of nitrogens with one attached hydrogen (secondary N) is 1. The van der Waals surface area contributed by atoms with Crippen LogP contribution in [0.2, 0.25) is 5.02 Å². The maximum atomic E-state index is 14.7. The highest BCUT2D eigenvalue weighted by molar-refractivity contribution is 6.30. The van der Waals surface area contributed by atoms with Gasteiger partial charge >= 0.3 is 0 Å². The average molecular weight is 480 g/mol. The smallest absolute Gasteiger partial charge is 0.224 e. The highest BCUT2D eigenvalue weighted by Crippen LogP contribution is 2.28. The van der Waals surface area contributed by atoms with Gasteiger partial charge in [-0.25, -0.2) is 9.37 Å². The number of carbonyl (C=O) groups excluding carboxylic acids is 1. The fourth-order valence-corrected chi connectivity index (χ4v) is 4.20. The second-order valence-corrected chi connectivity index (χ2v) is 8.71. The molecule has 1 aliphatic heterocycles. The standard InChI is InChI=1S/C25H23ClFN5O2/c26-17-7-5-16(6-8-17)21-15-28-24(34-21)12-11-23(33)29-18-9-10-20(27)19(14-18)25-31-30-22-4-2-1-3-13-32(22)25/h5-10,14-15H,1-4,11-13H2,(H,29,33). The lowest BCUT2D eigenvalue weighted by Gasteiger charge is -2.10. The summed E-state index contributed by atoms with van der Waals surface area (Å²) in [6, 6.07) is 11.7. The molecule has 0 saturated carbocycles. The van der Waals surface area contributed by atoms with Crippen molar-refractivity contribution in [1.82, 2.24) is 19.7 Å². The van der Waals surface area contributed by atoms with Gasteiger partial charge < -0.3 is 14.3 Å². The van der Waals surface area contributed by atoms with E-state index in [-0.39, 0.29) is 12.3 Å². The van der Waals surface area contributed by atoms with Crippen molar-refractivity contribution in [3.05, 3.63) is 71.2 Å². The van der Waals surface area contributed by atoms with Crippen molar-refractivity contribution in [3.63, 3.8) is 0 Å². The Bertz CT molecular complexity index is 1320. The second kappa shape index (κ2) is 9.77. The number of anilines is 1. The zero-order valence-corrected chi connectivity index (χ0v) is 19.2. The van der Waals surface area contributed by atoms with Gasteiger partial charge in [0.05, 0.1) is 11.8 Å². The molecule has 4 aromatic rings. The first-order valence-corrected chi connectivity index (χ1v) is 11.7. The molecule has 7 nitrogen and oxygen atoms in total. The summed E-state index contributed by atoms with van der Waals surface area (Å²) in [7, 11) is 0. The summed E-state index contributed by atoms with van der Waals surface area (Å²) in [5, 5.41) is 12.0. The normalized spacial score (nSPS) is 13.4. The molecule has 3 heterocycles. The van der Waals surface area contributed by atoms with E-state index in [2.05, 4.69) is 20.5 Å². The molecule has 0 bridgehead atoms. The van der Waals surface area contributed by atoms with Crippen LogP contribution in [0.25, 0.3) is 22.7 Å². The molecule has 1 N–H and O–H groups in total. The minimum atomic E-state index is -0.396. The largest absolute Gasteiger partial charge is 0.441 e. The molecule has 0 fully saturated rings. The van der Waals surface area contributed by atoms with Gasteiger partial charge in [-0.15, -0.1) is 10.2 Å². The first-order valence-electron chi connectivity index (χ1n) is 11.3. The molecule has 34 heavy (non-hydrogen) atoms. The van der Waals surface area contributed by atoms with Gasteiger partial charge in [0.15, 0.2) is 17.5 Å². The maximum absolute atomic E-state index is 14.7. The lowest BCUT2D eigenvalue weighted by Crippen LogP contribution is -2.13. The number of rotatable bonds is 6. The summed E-state index contributed by atoms with van der Waals surface area (Å²) in [5.41, 5.74) is 1.69. The Morgan fingerprint density at radius 1 is 1.12 bits per heavy atom. The van der Waals surface area contributed by atoms with Gasteiger partial charge in [-0.2, -0.15) is 0 Å². The fraction of sp³-hybridized carbons (Fsp3) is 0.280. The minimum Gasteiger partial charge on any atom is -0.441 e. The number of halogens is 2. The van der Waals surface area contributed by atoms with Crippen LogP contribution in [0.1, 0.15) is 37.4 Å². The number of hydrogen-bond donors (Lipinski definition) is 1. The summed E-state index contributed by atoms with van der Waals surface area (Å²) in [5.74, 6) is 1.84. The van der Waals surface area contributed by atoms with Gasteiger partial charge in [-0.3, -0.25) is 4.79 Å². The van der Waals surface area contributed by atoms with Crippen LogP contribution in [0.15, 0.2) is 53.1 Å². The van der Waals surface area contributed by atoms with Crippen LogP contribution in [-0.4, -0.2) is 25.7 Å². The number of aryl methyl sites for hydroxylation is 2. The molecule has 0 saturated heterocycles. The molecule has 2 aromatic heterocycles. The van der Waals surface area contributed by atoms with Crippen molar-refractivity contribution >= 4 is 23.2 Å². The highest BCUT2D eigenvalue weighted by atomic mass is 35.5. The number of nitrogens with zero attached hydrogens (tertiary/aromatic N) is 4. The Labute approximate surface area is 201 Å². The Kier molecular flexibility index (Phi) is 6.40. The summed E-state index contributed by atoms with van der Waals surface area (Å²) < 4.78 is 22.4. The van der Waals surface area contributed by atoms with Gasteiger partial charge in [0.25, 0.3) is 0 Å². The van der Waals surface area contributed by atoms with Gasteiger partial charge in [-0.1, -0.05) is 18.0 Å². The third-order valence-corrected chi connectivity index (χ3v) is 6.10. The molecular formula is C25H23ClFN5O2. The van der Waals surface area contributed by atoms with Gasteiger partial charge in [0, 0.05) is 42.1 Å². The lowest BCUT2D eigenvalue weighted by molar-refractivity contribution is -0.116. The second-order valence-electron chi connectivity index (χ2n) is 8.27. The molecular weight excluding hydrogens is 457 g/mol. The van der Waals surface area contributed by atoms with E-state index in [0.717, 1.165) is 43.6 Å². The number of aromatic nitrogens is 4. The van der Waals surface area contributed by atoms with E-state index in [1.807, 2.05) is 16.7 Å². The quantitative estimate of drug-likeness (QED) is 0.384. The summed E-state index contributed by atoms with van der Waals surface area (Å²) >= 11 is 5.92. The minimum absolute atomic E-state index is 0.174. The van der Waals surface area contributed by atoms with Crippen molar-refractivity contribution < 1.29 is 13.6 Å². The van der Waals surface area contributed by atoms with Crippen LogP contribution >= 0.6 is 11.6 Å². The van der Waals surface area contributed by atoms with Crippen molar-refractivity contribution in [2.75, 3.05) is 5.32 Å². The van der Waals surface area contributed by atoms with Crippen LogP contribution in [0.5, 0.6) is 0 Å². The van der Waals surface area contributed by atoms with Crippen LogP contribution in [0.4, 0.5) is 10.1 Å². The maximum Gasteiger partial charge on any atom is 0.224 e. The molecule has 0 radical (unpaired) electrons. The molecule has 0 unspecified atom stereocenters. The van der Waals surface area contributed by atoms with E-state index in [1.54, 1.807) is 30.5 Å². The number of oxazole rings is 1. The zero-order chi connectivity index (χ0) is 23.5. The molecule has 9 heteroatoms. The highest BCUT2D eigenvalue weighted by Gasteiger charge is 2.19. The molecule has 0 atom stereocenters. The first kappa shape index (κ1) is 22.3. The fourth-order valence-electron chi connectivity index (χ4n) is 4.08. The van der Waals surface area contributed by atoms with E-state index in [9.17, 15) is 9.18 Å². The Hall–Kier alpha value is -3.52. The van der Waals surface area contributed by atoms with E-state index in [4.69, 9.17) is 16.0 Å².